The zero-order valence-electron chi connectivity index (χ0n) is 8.74. The number of amides is 1. The molecule has 0 aliphatic rings. The van der Waals surface area contributed by atoms with Crippen molar-refractivity contribution in [1.82, 2.24) is 15.1 Å². The fourth-order valence-corrected chi connectivity index (χ4v) is 1.11. The minimum Gasteiger partial charge on any atom is -0.396 e. The van der Waals surface area contributed by atoms with Gasteiger partial charge in [0.05, 0.1) is 5.69 Å². The van der Waals surface area contributed by atoms with Crippen LogP contribution in [0, 0.1) is 0 Å². The molecule has 5 heteroatoms. The summed E-state index contributed by atoms with van der Waals surface area (Å²) in [6.45, 7) is 6.44. The predicted octanol–water partition coefficient (Wildman–Crippen LogP) is 0.623. The van der Waals surface area contributed by atoms with Crippen molar-refractivity contribution in [3.8, 4) is 0 Å². The van der Waals surface area contributed by atoms with Crippen molar-refractivity contribution >= 4 is 11.6 Å². The first-order chi connectivity index (χ1) is 6.54. The highest BCUT2D eigenvalue weighted by Gasteiger charge is 2.14. The van der Waals surface area contributed by atoms with E-state index in [2.05, 4.69) is 10.4 Å². The molecule has 0 saturated heterocycles. The number of rotatable bonds is 3. The number of nitrogen functional groups attached to an aromatic ring is 1. The molecule has 0 aromatic carbocycles. The first kappa shape index (κ1) is 10.6. The number of carbonyl (C=O) groups excluding carboxylic acids is 1. The van der Waals surface area contributed by atoms with Gasteiger partial charge in [0.2, 0.25) is 0 Å². The van der Waals surface area contributed by atoms with Crippen molar-refractivity contribution in [2.45, 2.75) is 33.4 Å². The highest BCUT2D eigenvalue weighted by molar-refractivity contribution is 5.97. The van der Waals surface area contributed by atoms with Gasteiger partial charge in [0, 0.05) is 18.8 Å². The first-order valence-electron chi connectivity index (χ1n) is 4.68. The van der Waals surface area contributed by atoms with Crippen molar-refractivity contribution in [3.63, 3.8) is 0 Å². The summed E-state index contributed by atoms with van der Waals surface area (Å²) in [4.78, 5) is 11.5. The maximum absolute atomic E-state index is 11.5. The second-order valence-electron chi connectivity index (χ2n) is 3.42. The Labute approximate surface area is 83.3 Å². The van der Waals surface area contributed by atoms with E-state index >= 15 is 0 Å². The van der Waals surface area contributed by atoms with Crippen LogP contribution in [0.1, 0.15) is 31.3 Å². The highest BCUT2D eigenvalue weighted by atomic mass is 16.2. The summed E-state index contributed by atoms with van der Waals surface area (Å²) in [6, 6.07) is 0.0914. The summed E-state index contributed by atoms with van der Waals surface area (Å²) in [7, 11) is 0. The van der Waals surface area contributed by atoms with Crippen molar-refractivity contribution in [2.24, 2.45) is 0 Å². The average Bonchev–Trinajstić information content (AvgIpc) is 2.45. The largest absolute Gasteiger partial charge is 0.396 e. The molecule has 0 spiro atoms. The summed E-state index contributed by atoms with van der Waals surface area (Å²) in [5.74, 6) is -0.218. The first-order valence-corrected chi connectivity index (χ1v) is 4.68. The van der Waals surface area contributed by atoms with Crippen LogP contribution in [-0.4, -0.2) is 21.7 Å². The number of aromatic nitrogens is 2. The number of nitrogens with one attached hydrogen (secondary N) is 1. The minimum absolute atomic E-state index is 0.0914. The van der Waals surface area contributed by atoms with Gasteiger partial charge in [0.15, 0.2) is 5.69 Å². The van der Waals surface area contributed by atoms with Gasteiger partial charge in [-0.1, -0.05) is 0 Å². The van der Waals surface area contributed by atoms with Gasteiger partial charge in [-0.05, 0) is 20.8 Å². The third-order valence-electron chi connectivity index (χ3n) is 1.75. The number of hydrogen-bond donors (Lipinski definition) is 2. The third kappa shape index (κ3) is 2.25. The zero-order valence-corrected chi connectivity index (χ0v) is 8.74. The van der Waals surface area contributed by atoms with E-state index in [4.69, 9.17) is 5.73 Å². The molecule has 1 rings (SSSR count). The number of anilines is 1. The fraction of sp³-hybridized carbons (Fsp3) is 0.556. The standard InChI is InChI=1S/C9H16N4O/c1-4-13-5-7(10)8(12-13)9(14)11-6(2)3/h5-6H,4,10H2,1-3H3,(H,11,14). The number of aryl methyl sites for hydroxylation is 1. The molecule has 1 amide bonds. The highest BCUT2D eigenvalue weighted by Crippen LogP contribution is 2.08. The molecule has 1 aromatic rings. The molecule has 0 unspecified atom stereocenters. The van der Waals surface area contributed by atoms with Gasteiger partial charge in [-0.15, -0.1) is 0 Å². The van der Waals surface area contributed by atoms with E-state index < -0.39 is 0 Å². The van der Waals surface area contributed by atoms with Gasteiger partial charge in [-0.2, -0.15) is 5.10 Å². The Morgan fingerprint density at radius 3 is 2.79 bits per heavy atom. The Morgan fingerprint density at radius 1 is 1.71 bits per heavy atom. The van der Waals surface area contributed by atoms with Crippen LogP contribution in [0.3, 0.4) is 0 Å². The van der Waals surface area contributed by atoms with E-state index in [1.165, 1.54) is 0 Å². The molecule has 3 N–H and O–H groups in total. The van der Waals surface area contributed by atoms with Crippen molar-refractivity contribution in [2.75, 3.05) is 5.73 Å². The molecule has 0 atom stereocenters. The molecule has 0 aliphatic heterocycles. The SMILES string of the molecule is CCn1cc(N)c(C(=O)NC(C)C)n1. The number of carbonyl (C=O) groups is 1. The number of nitrogens with zero attached hydrogens (tertiary/aromatic N) is 2. The minimum atomic E-state index is -0.218. The monoisotopic (exact) mass is 196 g/mol. The maximum Gasteiger partial charge on any atom is 0.274 e. The van der Waals surface area contributed by atoms with Gasteiger partial charge >= 0.3 is 0 Å². The predicted molar refractivity (Wildman–Crippen MR) is 54.9 cm³/mol. The third-order valence-corrected chi connectivity index (χ3v) is 1.75. The Morgan fingerprint density at radius 2 is 2.36 bits per heavy atom. The Balaban J connectivity index is 2.84. The van der Waals surface area contributed by atoms with E-state index in [0.717, 1.165) is 0 Å². The summed E-state index contributed by atoms with van der Waals surface area (Å²) < 4.78 is 1.64. The molecule has 78 valence electrons. The van der Waals surface area contributed by atoms with Gasteiger partial charge in [0.1, 0.15) is 0 Å². The lowest BCUT2D eigenvalue weighted by Crippen LogP contribution is -2.31. The fourth-order valence-electron chi connectivity index (χ4n) is 1.11. The Bertz CT molecular complexity index is 330. The molecular weight excluding hydrogens is 180 g/mol. The van der Waals surface area contributed by atoms with E-state index in [0.29, 0.717) is 17.9 Å². The maximum atomic E-state index is 11.5. The molecule has 0 fully saturated rings. The molecule has 5 nitrogen and oxygen atoms in total. The molecular formula is C9H16N4O. The number of nitrogens with two attached hydrogens (primary N) is 1. The molecule has 1 heterocycles. The molecule has 0 saturated carbocycles. The molecule has 1 aromatic heterocycles. The van der Waals surface area contributed by atoms with Crippen LogP contribution >= 0.6 is 0 Å². The van der Waals surface area contributed by atoms with E-state index in [1.807, 2.05) is 20.8 Å². The van der Waals surface area contributed by atoms with Crippen LogP contribution in [0.2, 0.25) is 0 Å². The van der Waals surface area contributed by atoms with Crippen LogP contribution in [0.15, 0.2) is 6.20 Å². The molecule has 0 radical (unpaired) electrons. The van der Waals surface area contributed by atoms with Crippen LogP contribution in [0.4, 0.5) is 5.69 Å². The second-order valence-corrected chi connectivity index (χ2v) is 3.42. The summed E-state index contributed by atoms with van der Waals surface area (Å²) in [6.07, 6.45) is 1.66. The quantitative estimate of drug-likeness (QED) is 0.744. The summed E-state index contributed by atoms with van der Waals surface area (Å²) in [5, 5.41) is 6.80. The van der Waals surface area contributed by atoms with E-state index in [9.17, 15) is 4.79 Å². The van der Waals surface area contributed by atoms with Gasteiger partial charge in [-0.25, -0.2) is 0 Å². The van der Waals surface area contributed by atoms with Gasteiger partial charge in [0.25, 0.3) is 5.91 Å². The zero-order chi connectivity index (χ0) is 10.7. The average molecular weight is 196 g/mol. The topological polar surface area (TPSA) is 72.9 Å². The van der Waals surface area contributed by atoms with Crippen molar-refractivity contribution in [3.05, 3.63) is 11.9 Å². The molecule has 0 aliphatic carbocycles. The summed E-state index contributed by atoms with van der Waals surface area (Å²) in [5.41, 5.74) is 6.38. The van der Waals surface area contributed by atoms with E-state index in [-0.39, 0.29) is 11.9 Å². The van der Waals surface area contributed by atoms with Gasteiger partial charge in [-0.3, -0.25) is 9.48 Å². The van der Waals surface area contributed by atoms with Crippen molar-refractivity contribution in [1.29, 1.82) is 0 Å². The van der Waals surface area contributed by atoms with Gasteiger partial charge < -0.3 is 11.1 Å². The van der Waals surface area contributed by atoms with Crippen LogP contribution in [-0.2, 0) is 6.54 Å². The molecule has 14 heavy (non-hydrogen) atoms. The lowest BCUT2D eigenvalue weighted by molar-refractivity contribution is 0.0938. The lowest BCUT2D eigenvalue weighted by atomic mass is 10.3. The van der Waals surface area contributed by atoms with E-state index in [1.54, 1.807) is 10.9 Å². The molecule has 0 bridgehead atoms. The van der Waals surface area contributed by atoms with Crippen LogP contribution in [0.5, 0.6) is 0 Å². The number of hydrogen-bond acceptors (Lipinski definition) is 3. The van der Waals surface area contributed by atoms with Crippen molar-refractivity contribution < 1.29 is 4.79 Å². The Hall–Kier alpha value is -1.52. The Kier molecular flexibility index (Phi) is 3.11. The second kappa shape index (κ2) is 4.13. The normalized spacial score (nSPS) is 10.6. The smallest absolute Gasteiger partial charge is 0.274 e. The van der Waals surface area contributed by atoms with Crippen LogP contribution < -0.4 is 11.1 Å². The summed E-state index contributed by atoms with van der Waals surface area (Å²) >= 11 is 0. The van der Waals surface area contributed by atoms with Crippen LogP contribution in [0.25, 0.3) is 0 Å². The lowest BCUT2D eigenvalue weighted by Gasteiger charge is -2.06.